The van der Waals surface area contributed by atoms with Gasteiger partial charge in [-0.3, -0.25) is 20.4 Å². The Morgan fingerprint density at radius 3 is 2.58 bits per heavy atom. The predicted molar refractivity (Wildman–Crippen MR) is 77.5 cm³/mol. The molecule has 0 bridgehead atoms. The Hall–Kier alpha value is -1.30. The second-order valence-corrected chi connectivity index (χ2v) is 5.31. The van der Waals surface area contributed by atoms with Gasteiger partial charge in [0.15, 0.2) is 0 Å². The first-order valence-corrected chi connectivity index (χ1v) is 7.36. The quantitative estimate of drug-likeness (QED) is 0.531. The number of aromatic amines is 1. The van der Waals surface area contributed by atoms with E-state index in [1.165, 1.54) is 12.8 Å². The monoisotopic (exact) mass is 329 g/mol. The van der Waals surface area contributed by atoms with Crippen LogP contribution in [0.3, 0.4) is 0 Å². The average Bonchev–Trinajstić information content (AvgIpc) is 2.82. The van der Waals surface area contributed by atoms with Crippen LogP contribution in [0, 0.1) is 0 Å². The molecule has 0 radical (unpaired) electrons. The van der Waals surface area contributed by atoms with Crippen molar-refractivity contribution in [1.29, 1.82) is 0 Å². The second-order valence-electron chi connectivity index (χ2n) is 4.40. The molecule has 0 aromatic carbocycles. The fraction of sp³-hybridized carbons (Fsp3) is 0.538. The van der Waals surface area contributed by atoms with Gasteiger partial charge >= 0.3 is 0 Å². The Balaban J connectivity index is 2.14. The highest BCUT2D eigenvalue weighted by Crippen LogP contribution is 2.10. The number of H-pyrrole nitrogens is 1. The third-order valence-corrected chi connectivity index (χ3v) is 3.17. The van der Waals surface area contributed by atoms with Crippen molar-refractivity contribution in [2.24, 2.45) is 0 Å². The Morgan fingerprint density at radius 1 is 1.21 bits per heavy atom. The van der Waals surface area contributed by atoms with Crippen LogP contribution in [0.1, 0.15) is 55.9 Å². The summed E-state index contributed by atoms with van der Waals surface area (Å²) in [7, 11) is 0. The van der Waals surface area contributed by atoms with Gasteiger partial charge in [-0.1, -0.05) is 32.6 Å². The van der Waals surface area contributed by atoms with Gasteiger partial charge in [0.25, 0.3) is 5.91 Å². The Bertz CT molecular complexity index is 418. The van der Waals surface area contributed by atoms with Crippen LogP contribution < -0.4 is 10.9 Å². The van der Waals surface area contributed by atoms with E-state index in [0.717, 1.165) is 23.7 Å². The van der Waals surface area contributed by atoms with E-state index in [9.17, 15) is 9.59 Å². The molecule has 106 valence electrons. The van der Waals surface area contributed by atoms with Gasteiger partial charge in [0.1, 0.15) is 5.69 Å². The van der Waals surface area contributed by atoms with Crippen LogP contribution in [0.4, 0.5) is 0 Å². The lowest BCUT2D eigenvalue weighted by molar-refractivity contribution is -0.122. The molecule has 1 rings (SSSR count). The fourth-order valence-electron chi connectivity index (χ4n) is 1.64. The van der Waals surface area contributed by atoms with Crippen molar-refractivity contribution in [3.8, 4) is 0 Å². The zero-order valence-corrected chi connectivity index (χ0v) is 12.7. The van der Waals surface area contributed by atoms with Crippen molar-refractivity contribution in [1.82, 2.24) is 15.8 Å². The molecule has 1 aromatic heterocycles. The van der Waals surface area contributed by atoms with E-state index in [-0.39, 0.29) is 11.8 Å². The van der Waals surface area contributed by atoms with Gasteiger partial charge in [0.2, 0.25) is 5.91 Å². The molecule has 6 heteroatoms. The van der Waals surface area contributed by atoms with E-state index in [0.29, 0.717) is 12.1 Å². The van der Waals surface area contributed by atoms with E-state index in [2.05, 4.69) is 38.7 Å². The highest BCUT2D eigenvalue weighted by Gasteiger charge is 2.08. The molecular formula is C13H20BrN3O2. The topological polar surface area (TPSA) is 74.0 Å². The molecule has 0 unspecified atom stereocenters. The van der Waals surface area contributed by atoms with Crippen molar-refractivity contribution in [3.63, 3.8) is 0 Å². The molecule has 1 heterocycles. The van der Waals surface area contributed by atoms with Gasteiger partial charge in [-0.2, -0.15) is 0 Å². The van der Waals surface area contributed by atoms with E-state index in [4.69, 9.17) is 0 Å². The van der Waals surface area contributed by atoms with Crippen molar-refractivity contribution in [2.75, 3.05) is 0 Å². The maximum atomic E-state index is 11.6. The van der Waals surface area contributed by atoms with E-state index in [1.54, 1.807) is 12.3 Å². The predicted octanol–water partition coefficient (Wildman–Crippen LogP) is 2.90. The highest BCUT2D eigenvalue weighted by atomic mass is 79.9. The minimum absolute atomic E-state index is 0.157. The Kier molecular flexibility index (Phi) is 7.25. The number of nitrogens with one attached hydrogen (secondary N) is 3. The van der Waals surface area contributed by atoms with Crippen LogP contribution in [-0.4, -0.2) is 16.8 Å². The first-order valence-electron chi connectivity index (χ1n) is 6.56. The van der Waals surface area contributed by atoms with E-state index >= 15 is 0 Å². The number of unbranched alkanes of at least 4 members (excludes halogenated alkanes) is 4. The van der Waals surface area contributed by atoms with Crippen molar-refractivity contribution in [3.05, 3.63) is 22.4 Å². The largest absolute Gasteiger partial charge is 0.356 e. The summed E-state index contributed by atoms with van der Waals surface area (Å²) >= 11 is 3.24. The average molecular weight is 330 g/mol. The van der Waals surface area contributed by atoms with Crippen LogP contribution >= 0.6 is 15.9 Å². The zero-order valence-electron chi connectivity index (χ0n) is 11.1. The second kappa shape index (κ2) is 8.74. The molecule has 0 aliphatic heterocycles. The van der Waals surface area contributed by atoms with Gasteiger partial charge in [-0.15, -0.1) is 0 Å². The maximum absolute atomic E-state index is 11.6. The number of halogens is 1. The summed E-state index contributed by atoms with van der Waals surface area (Å²) < 4.78 is 0.792. The molecule has 3 N–H and O–H groups in total. The molecule has 0 aliphatic carbocycles. The molecule has 0 saturated heterocycles. The number of carbonyl (C=O) groups is 2. The van der Waals surface area contributed by atoms with Crippen molar-refractivity contribution < 1.29 is 9.59 Å². The Morgan fingerprint density at radius 2 is 1.95 bits per heavy atom. The summed E-state index contributed by atoms with van der Waals surface area (Å²) in [5.74, 6) is -0.513. The van der Waals surface area contributed by atoms with Crippen LogP contribution in [0.25, 0.3) is 0 Å². The summed E-state index contributed by atoms with van der Waals surface area (Å²) in [6.45, 7) is 2.15. The number of aromatic nitrogens is 1. The molecule has 0 atom stereocenters. The van der Waals surface area contributed by atoms with Crippen LogP contribution in [0.2, 0.25) is 0 Å². The lowest BCUT2D eigenvalue weighted by Gasteiger charge is -2.06. The van der Waals surface area contributed by atoms with Gasteiger partial charge in [-0.25, -0.2) is 0 Å². The lowest BCUT2D eigenvalue weighted by atomic mass is 10.1. The number of hydrazine groups is 1. The zero-order chi connectivity index (χ0) is 14.1. The fourth-order valence-corrected chi connectivity index (χ4v) is 1.99. The molecule has 19 heavy (non-hydrogen) atoms. The van der Waals surface area contributed by atoms with Crippen LogP contribution in [0.5, 0.6) is 0 Å². The van der Waals surface area contributed by atoms with Gasteiger partial charge < -0.3 is 4.98 Å². The van der Waals surface area contributed by atoms with E-state index in [1.807, 2.05) is 0 Å². The molecule has 0 spiro atoms. The number of amides is 2. The molecule has 1 aromatic rings. The van der Waals surface area contributed by atoms with Gasteiger partial charge in [-0.05, 0) is 28.4 Å². The normalized spacial score (nSPS) is 10.2. The number of carbonyl (C=O) groups excluding carboxylic acids is 2. The van der Waals surface area contributed by atoms with Crippen LogP contribution in [0.15, 0.2) is 16.7 Å². The number of hydrogen-bond donors (Lipinski definition) is 3. The summed E-state index contributed by atoms with van der Waals surface area (Å²) in [5.41, 5.74) is 5.18. The standard InChI is InChI=1S/C13H20BrN3O2/c1-2-3-4-5-6-7-12(18)16-17-13(19)11-8-10(14)9-15-11/h8-9,15H,2-7H2,1H3,(H,16,18)(H,17,19). The number of rotatable bonds is 7. The summed E-state index contributed by atoms with van der Waals surface area (Å²) in [6.07, 6.45) is 7.57. The third-order valence-electron chi connectivity index (χ3n) is 2.72. The Labute approximate surface area is 121 Å². The summed E-state index contributed by atoms with van der Waals surface area (Å²) in [4.78, 5) is 25.9. The minimum Gasteiger partial charge on any atom is -0.356 e. The molecule has 5 nitrogen and oxygen atoms in total. The van der Waals surface area contributed by atoms with Crippen molar-refractivity contribution in [2.45, 2.75) is 45.4 Å². The molecule has 0 fully saturated rings. The number of hydrogen-bond acceptors (Lipinski definition) is 2. The summed E-state index contributed by atoms with van der Waals surface area (Å²) in [6, 6.07) is 1.65. The lowest BCUT2D eigenvalue weighted by Crippen LogP contribution is -2.41. The molecule has 2 amide bonds. The van der Waals surface area contributed by atoms with Gasteiger partial charge in [0.05, 0.1) is 0 Å². The van der Waals surface area contributed by atoms with Crippen molar-refractivity contribution >= 4 is 27.7 Å². The SMILES string of the molecule is CCCCCCCC(=O)NNC(=O)c1cc(Br)c[nH]1. The molecular weight excluding hydrogens is 310 g/mol. The maximum Gasteiger partial charge on any atom is 0.286 e. The van der Waals surface area contributed by atoms with Gasteiger partial charge in [0, 0.05) is 17.1 Å². The smallest absolute Gasteiger partial charge is 0.286 e. The summed E-state index contributed by atoms with van der Waals surface area (Å²) in [5, 5.41) is 0. The molecule has 0 aliphatic rings. The highest BCUT2D eigenvalue weighted by molar-refractivity contribution is 9.10. The first kappa shape index (κ1) is 15.8. The third kappa shape index (κ3) is 6.42. The minimum atomic E-state index is -0.356. The van der Waals surface area contributed by atoms with E-state index < -0.39 is 0 Å². The molecule has 0 saturated carbocycles. The first-order chi connectivity index (χ1) is 9.13. The van der Waals surface area contributed by atoms with Crippen LogP contribution in [-0.2, 0) is 4.79 Å².